The second-order valence-corrected chi connectivity index (χ2v) is 9.17. The van der Waals surface area contributed by atoms with Crippen molar-refractivity contribution < 1.29 is 28.7 Å². The Kier molecular flexibility index (Phi) is 9.07. The molecule has 1 heterocycles. The quantitative estimate of drug-likeness (QED) is 0.286. The molecule has 1 aliphatic rings. The molecule has 40 heavy (non-hydrogen) atoms. The Morgan fingerprint density at radius 3 is 2.35 bits per heavy atom. The van der Waals surface area contributed by atoms with Crippen molar-refractivity contribution in [3.8, 4) is 5.75 Å². The number of ether oxygens (including phenoxy) is 2. The average Bonchev–Trinajstić information content (AvgIpc) is 3.17. The number of thiocarbonyl (C=S) groups is 1. The summed E-state index contributed by atoms with van der Waals surface area (Å²) in [5, 5.41) is 4.05. The number of anilines is 1. The SMILES string of the molecule is CCOC(=O)c1ccc(NC(=O)CC2C(=O)N(Cc3ccccc3)C(=S)N2NC(=O)c2cccc(OC)c2)cc1. The lowest BCUT2D eigenvalue weighted by atomic mass is 10.1. The van der Waals surface area contributed by atoms with Gasteiger partial charge in [-0.2, -0.15) is 0 Å². The van der Waals surface area contributed by atoms with Gasteiger partial charge in [-0.3, -0.25) is 24.7 Å². The maximum absolute atomic E-state index is 13.5. The van der Waals surface area contributed by atoms with Crippen LogP contribution in [0.2, 0.25) is 0 Å². The Hall–Kier alpha value is -4.77. The number of hydrazine groups is 1. The van der Waals surface area contributed by atoms with Crippen LogP contribution in [0.3, 0.4) is 0 Å². The summed E-state index contributed by atoms with van der Waals surface area (Å²) in [7, 11) is 1.49. The fraction of sp³-hybridized carbons (Fsp3) is 0.207. The van der Waals surface area contributed by atoms with Crippen LogP contribution in [-0.2, 0) is 20.9 Å². The highest BCUT2D eigenvalue weighted by atomic mass is 32.1. The van der Waals surface area contributed by atoms with E-state index in [0.29, 0.717) is 22.6 Å². The number of amides is 3. The van der Waals surface area contributed by atoms with Gasteiger partial charge in [0.2, 0.25) is 5.91 Å². The molecule has 206 valence electrons. The van der Waals surface area contributed by atoms with E-state index in [9.17, 15) is 19.2 Å². The van der Waals surface area contributed by atoms with Crippen molar-refractivity contribution in [2.75, 3.05) is 19.0 Å². The van der Waals surface area contributed by atoms with Gasteiger partial charge in [0.15, 0.2) is 5.11 Å². The third-order valence-electron chi connectivity index (χ3n) is 6.10. The molecular weight excluding hydrogens is 532 g/mol. The Balaban J connectivity index is 1.52. The van der Waals surface area contributed by atoms with E-state index in [1.54, 1.807) is 43.3 Å². The number of hydrogen-bond donors (Lipinski definition) is 2. The lowest BCUT2D eigenvalue weighted by molar-refractivity contribution is -0.131. The first-order valence-corrected chi connectivity index (χ1v) is 12.9. The number of methoxy groups -OCH3 is 1. The fourth-order valence-corrected chi connectivity index (χ4v) is 4.42. The molecule has 1 aliphatic heterocycles. The Morgan fingerprint density at radius 2 is 1.68 bits per heavy atom. The van der Waals surface area contributed by atoms with Crippen LogP contribution in [-0.4, -0.2) is 58.5 Å². The van der Waals surface area contributed by atoms with Gasteiger partial charge in [-0.25, -0.2) is 9.80 Å². The zero-order valence-corrected chi connectivity index (χ0v) is 22.8. The number of rotatable bonds is 10. The highest BCUT2D eigenvalue weighted by molar-refractivity contribution is 7.80. The normalized spacial score (nSPS) is 14.6. The number of benzene rings is 3. The number of nitrogens with zero attached hydrogens (tertiary/aromatic N) is 2. The fourth-order valence-electron chi connectivity index (χ4n) is 4.09. The van der Waals surface area contributed by atoms with Gasteiger partial charge in [0.25, 0.3) is 11.8 Å². The van der Waals surface area contributed by atoms with Crippen molar-refractivity contribution in [2.24, 2.45) is 0 Å². The van der Waals surface area contributed by atoms with Crippen molar-refractivity contribution >= 4 is 46.7 Å². The molecule has 1 fully saturated rings. The third kappa shape index (κ3) is 6.62. The van der Waals surface area contributed by atoms with E-state index >= 15 is 0 Å². The van der Waals surface area contributed by atoms with Gasteiger partial charge >= 0.3 is 5.97 Å². The van der Waals surface area contributed by atoms with Crippen LogP contribution in [0.5, 0.6) is 5.75 Å². The first kappa shape index (κ1) is 28.2. The zero-order valence-electron chi connectivity index (χ0n) is 22.0. The molecule has 1 atom stereocenters. The Morgan fingerprint density at radius 1 is 0.950 bits per heavy atom. The van der Waals surface area contributed by atoms with E-state index in [1.165, 1.54) is 29.2 Å². The predicted molar refractivity (Wildman–Crippen MR) is 151 cm³/mol. The van der Waals surface area contributed by atoms with Crippen LogP contribution in [0.25, 0.3) is 0 Å². The molecular formula is C29H28N4O6S. The smallest absolute Gasteiger partial charge is 0.338 e. The number of carbonyl (C=O) groups is 4. The molecule has 3 aromatic carbocycles. The number of carbonyl (C=O) groups excluding carboxylic acids is 4. The molecule has 4 rings (SSSR count). The zero-order chi connectivity index (χ0) is 28.6. The molecule has 0 aliphatic carbocycles. The van der Waals surface area contributed by atoms with Crippen molar-refractivity contribution in [3.63, 3.8) is 0 Å². The van der Waals surface area contributed by atoms with Crippen LogP contribution in [0.4, 0.5) is 5.69 Å². The highest BCUT2D eigenvalue weighted by Crippen LogP contribution is 2.23. The monoisotopic (exact) mass is 560 g/mol. The summed E-state index contributed by atoms with van der Waals surface area (Å²) in [5.74, 6) is -1.40. The molecule has 11 heteroatoms. The van der Waals surface area contributed by atoms with Crippen molar-refractivity contribution in [1.29, 1.82) is 0 Å². The molecule has 1 saturated heterocycles. The third-order valence-corrected chi connectivity index (χ3v) is 6.51. The van der Waals surface area contributed by atoms with Crippen LogP contribution in [0.15, 0.2) is 78.9 Å². The molecule has 10 nitrogen and oxygen atoms in total. The number of nitrogens with one attached hydrogen (secondary N) is 2. The van der Waals surface area contributed by atoms with E-state index in [1.807, 2.05) is 30.3 Å². The summed E-state index contributed by atoms with van der Waals surface area (Å²) in [5.41, 5.74) is 4.60. The van der Waals surface area contributed by atoms with E-state index in [2.05, 4.69) is 10.7 Å². The largest absolute Gasteiger partial charge is 0.497 e. The molecule has 0 spiro atoms. The molecule has 3 amide bonds. The molecule has 1 unspecified atom stereocenters. The van der Waals surface area contributed by atoms with E-state index in [4.69, 9.17) is 21.7 Å². The van der Waals surface area contributed by atoms with Gasteiger partial charge in [0, 0.05) is 11.3 Å². The summed E-state index contributed by atoms with van der Waals surface area (Å²) in [6.07, 6.45) is -0.289. The van der Waals surface area contributed by atoms with Gasteiger partial charge in [-0.05, 0) is 67.2 Å². The van der Waals surface area contributed by atoms with Crippen LogP contribution in [0.1, 0.15) is 39.6 Å². The van der Waals surface area contributed by atoms with Gasteiger partial charge < -0.3 is 14.8 Å². The second-order valence-electron chi connectivity index (χ2n) is 8.80. The lowest BCUT2D eigenvalue weighted by Crippen LogP contribution is -2.49. The highest BCUT2D eigenvalue weighted by Gasteiger charge is 2.44. The maximum atomic E-state index is 13.5. The second kappa shape index (κ2) is 12.9. The van der Waals surface area contributed by atoms with E-state index in [0.717, 1.165) is 5.56 Å². The molecule has 0 bridgehead atoms. The van der Waals surface area contributed by atoms with Crippen molar-refractivity contribution in [2.45, 2.75) is 25.9 Å². The van der Waals surface area contributed by atoms with Crippen LogP contribution in [0, 0.1) is 0 Å². The Labute approximate surface area is 236 Å². The van der Waals surface area contributed by atoms with Crippen molar-refractivity contribution in [3.05, 3.63) is 95.6 Å². The summed E-state index contributed by atoms with van der Waals surface area (Å²) in [4.78, 5) is 52.9. The first-order chi connectivity index (χ1) is 19.3. The molecule has 2 N–H and O–H groups in total. The van der Waals surface area contributed by atoms with Gasteiger partial charge in [-0.15, -0.1) is 0 Å². The predicted octanol–water partition coefficient (Wildman–Crippen LogP) is 3.54. The minimum absolute atomic E-state index is 0.0710. The Bertz CT molecular complexity index is 1410. The lowest BCUT2D eigenvalue weighted by Gasteiger charge is -2.24. The van der Waals surface area contributed by atoms with Gasteiger partial charge in [0.1, 0.15) is 11.8 Å². The van der Waals surface area contributed by atoms with Crippen molar-refractivity contribution in [1.82, 2.24) is 15.3 Å². The van der Waals surface area contributed by atoms with Gasteiger partial charge in [-0.1, -0.05) is 36.4 Å². The minimum atomic E-state index is -1.08. The minimum Gasteiger partial charge on any atom is -0.497 e. The van der Waals surface area contributed by atoms with E-state index in [-0.39, 0.29) is 24.7 Å². The number of esters is 1. The summed E-state index contributed by atoms with van der Waals surface area (Å²) < 4.78 is 10.2. The summed E-state index contributed by atoms with van der Waals surface area (Å²) >= 11 is 5.59. The van der Waals surface area contributed by atoms with E-state index < -0.39 is 29.7 Å². The summed E-state index contributed by atoms with van der Waals surface area (Å²) in [6, 6.07) is 20.9. The molecule has 3 aromatic rings. The first-order valence-electron chi connectivity index (χ1n) is 12.5. The maximum Gasteiger partial charge on any atom is 0.338 e. The average molecular weight is 561 g/mol. The topological polar surface area (TPSA) is 117 Å². The standard InChI is InChI=1S/C29H28N4O6S/c1-3-39-28(37)20-12-14-22(15-13-20)30-25(34)17-24-27(36)32(18-19-8-5-4-6-9-19)29(40)33(24)31-26(35)21-10-7-11-23(16-21)38-2/h4-16,24H,3,17-18H2,1-2H3,(H,30,34)(H,31,35). The van der Waals surface area contributed by atoms with Gasteiger partial charge in [0.05, 0.1) is 32.2 Å². The number of hydrogen-bond acceptors (Lipinski definition) is 7. The molecule has 0 aromatic heterocycles. The van der Waals surface area contributed by atoms with Crippen LogP contribution >= 0.6 is 12.2 Å². The summed E-state index contributed by atoms with van der Waals surface area (Å²) in [6.45, 7) is 2.14. The van der Waals surface area contributed by atoms with Crippen LogP contribution < -0.4 is 15.5 Å². The molecule has 0 radical (unpaired) electrons. The molecule has 0 saturated carbocycles.